The van der Waals surface area contributed by atoms with Gasteiger partial charge in [-0.15, -0.1) is 11.8 Å². The number of rotatable bonds is 9. The maximum absolute atomic E-state index is 13.1. The number of carboxylic acid groups (broad SMARTS) is 1. The van der Waals surface area contributed by atoms with E-state index < -0.39 is 53.1 Å². The molecule has 0 aromatic carbocycles. The molecule has 194 valence electrons. The van der Waals surface area contributed by atoms with Crippen LogP contribution in [0.4, 0.5) is 5.13 Å². The molecular weight excluding hydrogens is 561 g/mol. The molecule has 0 bridgehead atoms. The average Bonchev–Trinajstić information content (AvgIpc) is 3.13. The molecule has 3 amide bonds. The second-order valence-corrected chi connectivity index (χ2v) is 11.3. The predicted octanol–water partition coefficient (Wildman–Crippen LogP) is 1.36. The number of carboxylic acids is 1. The van der Waals surface area contributed by atoms with Crippen LogP contribution in [0.25, 0.3) is 0 Å². The van der Waals surface area contributed by atoms with E-state index in [0.717, 1.165) is 28.0 Å². The van der Waals surface area contributed by atoms with Gasteiger partial charge in [0, 0.05) is 5.75 Å². The lowest BCUT2D eigenvalue weighted by atomic mass is 10.0. The molecule has 0 aliphatic carbocycles. The largest absolute Gasteiger partial charge is 0.477 e. The lowest BCUT2D eigenvalue weighted by Gasteiger charge is -2.48. The summed E-state index contributed by atoms with van der Waals surface area (Å²) in [5, 5.41) is 17.2. The number of hydrogen-bond acceptors (Lipinski definition) is 11. The Kier molecular flexibility index (Phi) is 8.48. The SMILES string of the molecule is CC(C)(C)OC(=O)CO/N=C(/C(=O)NC1C(=O)N2C(C(=O)O)=C(Cl)CS[C@H]12)c1nc(NC=O)sc1Cl. The van der Waals surface area contributed by atoms with Crippen molar-refractivity contribution in [3.63, 3.8) is 0 Å². The highest BCUT2D eigenvalue weighted by Gasteiger charge is 2.54. The Morgan fingerprint density at radius 2 is 2.03 bits per heavy atom. The van der Waals surface area contributed by atoms with Crippen LogP contribution in [0, 0.1) is 0 Å². The second kappa shape index (κ2) is 11.0. The molecule has 3 N–H and O–H groups in total. The number of amides is 3. The fourth-order valence-electron chi connectivity index (χ4n) is 3.06. The lowest BCUT2D eigenvalue weighted by molar-refractivity contribution is -0.160. The standard InChI is InChI=1S/C19H19Cl2N5O8S2/c1-19(2,3)34-8(28)4-33-25-10(9-13(21)36-18(24-9)22-6-27)14(29)23-11-15(30)26-12(17(31)32)7(20)5-35-16(11)26/h6,11,16H,4-5H2,1-3H3,(H,23,29)(H,31,32)(H,22,24,27)/b25-10+/t11?,16-/m1/s1. The molecule has 0 saturated carbocycles. The van der Waals surface area contributed by atoms with Crippen LogP contribution in [0.3, 0.4) is 0 Å². The number of hydrogen-bond donors (Lipinski definition) is 3. The van der Waals surface area contributed by atoms with E-state index in [1.807, 2.05) is 0 Å². The Morgan fingerprint density at radius 1 is 1.33 bits per heavy atom. The minimum Gasteiger partial charge on any atom is -0.477 e. The van der Waals surface area contributed by atoms with E-state index in [-0.39, 0.29) is 31.6 Å². The van der Waals surface area contributed by atoms with E-state index in [1.54, 1.807) is 20.8 Å². The van der Waals surface area contributed by atoms with Crippen LogP contribution in [0.1, 0.15) is 26.5 Å². The van der Waals surface area contributed by atoms with E-state index in [4.69, 9.17) is 32.8 Å². The topological polar surface area (TPSA) is 177 Å². The van der Waals surface area contributed by atoms with Gasteiger partial charge < -0.3 is 25.3 Å². The first-order valence-electron chi connectivity index (χ1n) is 10.00. The van der Waals surface area contributed by atoms with Crippen molar-refractivity contribution < 1.29 is 38.7 Å². The number of carbonyl (C=O) groups is 5. The number of fused-ring (bicyclic) bond motifs is 1. The summed E-state index contributed by atoms with van der Waals surface area (Å²) in [5.74, 6) is -3.64. The zero-order valence-electron chi connectivity index (χ0n) is 18.9. The fraction of sp³-hybridized carbons (Fsp3) is 0.421. The van der Waals surface area contributed by atoms with Crippen molar-refractivity contribution >= 4 is 87.3 Å². The summed E-state index contributed by atoms with van der Waals surface area (Å²) in [4.78, 5) is 70.0. The van der Waals surface area contributed by atoms with Gasteiger partial charge in [0.05, 0.1) is 5.03 Å². The van der Waals surface area contributed by atoms with Crippen LogP contribution in [-0.4, -0.2) is 80.2 Å². The van der Waals surface area contributed by atoms with Crippen molar-refractivity contribution in [3.05, 3.63) is 20.8 Å². The van der Waals surface area contributed by atoms with E-state index in [1.165, 1.54) is 0 Å². The number of nitrogens with zero attached hydrogens (tertiary/aromatic N) is 3. The number of nitrogens with one attached hydrogen (secondary N) is 2. The quantitative estimate of drug-likeness (QED) is 0.127. The van der Waals surface area contributed by atoms with Gasteiger partial charge in [-0.05, 0) is 20.8 Å². The predicted molar refractivity (Wildman–Crippen MR) is 131 cm³/mol. The van der Waals surface area contributed by atoms with Crippen molar-refractivity contribution in [1.29, 1.82) is 0 Å². The summed E-state index contributed by atoms with van der Waals surface area (Å²) < 4.78 is 5.07. The van der Waals surface area contributed by atoms with Crippen molar-refractivity contribution in [2.24, 2.45) is 5.16 Å². The van der Waals surface area contributed by atoms with E-state index in [0.29, 0.717) is 6.41 Å². The van der Waals surface area contributed by atoms with Gasteiger partial charge in [-0.3, -0.25) is 19.3 Å². The van der Waals surface area contributed by atoms with Gasteiger partial charge in [0.25, 0.3) is 11.8 Å². The minimum atomic E-state index is -1.37. The fourth-order valence-corrected chi connectivity index (χ4v) is 5.62. The smallest absolute Gasteiger partial charge is 0.353 e. The number of ether oxygens (including phenoxy) is 1. The molecular formula is C19H19Cl2N5O8S2. The number of oxime groups is 1. The zero-order valence-corrected chi connectivity index (χ0v) is 22.0. The first-order chi connectivity index (χ1) is 16.8. The highest BCUT2D eigenvalue weighted by molar-refractivity contribution is 8.00. The van der Waals surface area contributed by atoms with Gasteiger partial charge >= 0.3 is 11.9 Å². The molecule has 1 aromatic rings. The minimum absolute atomic E-state index is 0.00383. The normalized spacial score (nSPS) is 19.8. The first kappa shape index (κ1) is 27.7. The van der Waals surface area contributed by atoms with Crippen LogP contribution in [0.5, 0.6) is 0 Å². The van der Waals surface area contributed by atoms with Gasteiger partial charge in [-0.25, -0.2) is 14.6 Å². The molecule has 1 fully saturated rings. The Balaban J connectivity index is 1.82. The van der Waals surface area contributed by atoms with E-state index >= 15 is 0 Å². The zero-order chi connectivity index (χ0) is 26.8. The van der Waals surface area contributed by atoms with Crippen LogP contribution in [0.15, 0.2) is 15.9 Å². The number of esters is 1. The number of anilines is 1. The number of aromatic nitrogens is 1. The first-order valence-corrected chi connectivity index (χ1v) is 12.6. The number of halogens is 2. The van der Waals surface area contributed by atoms with Gasteiger partial charge in [0.15, 0.2) is 10.8 Å². The average molecular weight is 580 g/mol. The number of carbonyl (C=O) groups excluding carboxylic acids is 4. The van der Waals surface area contributed by atoms with Crippen molar-refractivity contribution in [2.75, 3.05) is 17.7 Å². The van der Waals surface area contributed by atoms with Crippen LogP contribution in [0.2, 0.25) is 4.34 Å². The molecule has 36 heavy (non-hydrogen) atoms. The van der Waals surface area contributed by atoms with E-state index in [9.17, 15) is 29.1 Å². The maximum atomic E-state index is 13.1. The summed E-state index contributed by atoms with van der Waals surface area (Å²) >= 11 is 14.1. The van der Waals surface area contributed by atoms with Crippen LogP contribution >= 0.6 is 46.3 Å². The van der Waals surface area contributed by atoms with Gasteiger partial charge in [-0.1, -0.05) is 39.7 Å². The molecule has 3 rings (SSSR count). The molecule has 0 radical (unpaired) electrons. The number of thiazole rings is 1. The Morgan fingerprint density at radius 3 is 2.64 bits per heavy atom. The highest BCUT2D eigenvalue weighted by Crippen LogP contribution is 2.41. The summed E-state index contributed by atoms with van der Waals surface area (Å²) in [5.41, 5.74) is -1.80. The molecule has 1 unspecified atom stereocenters. The summed E-state index contributed by atoms with van der Waals surface area (Å²) in [6, 6.07) is -1.11. The molecule has 17 heteroatoms. The van der Waals surface area contributed by atoms with Crippen LogP contribution < -0.4 is 10.6 Å². The molecule has 2 aliphatic rings. The van der Waals surface area contributed by atoms with Gasteiger partial charge in [0.2, 0.25) is 13.0 Å². The van der Waals surface area contributed by atoms with E-state index in [2.05, 4.69) is 20.8 Å². The Bertz CT molecular complexity index is 1180. The molecule has 2 atom stereocenters. The molecule has 3 heterocycles. The summed E-state index contributed by atoms with van der Waals surface area (Å²) in [6.07, 6.45) is 0.357. The number of aliphatic carboxylic acids is 1. The highest BCUT2D eigenvalue weighted by atomic mass is 35.5. The second-order valence-electron chi connectivity index (χ2n) is 8.12. The monoisotopic (exact) mass is 579 g/mol. The van der Waals surface area contributed by atoms with Crippen molar-refractivity contribution in [3.8, 4) is 0 Å². The maximum Gasteiger partial charge on any atom is 0.353 e. The van der Waals surface area contributed by atoms with Gasteiger partial charge in [0.1, 0.15) is 32.7 Å². The number of thioether (sulfide) groups is 1. The third kappa shape index (κ3) is 6.08. The molecule has 1 aromatic heterocycles. The third-order valence-electron chi connectivity index (χ3n) is 4.38. The lowest BCUT2D eigenvalue weighted by Crippen LogP contribution is -2.71. The molecule has 13 nitrogen and oxygen atoms in total. The van der Waals surface area contributed by atoms with Gasteiger partial charge in [-0.2, -0.15) is 0 Å². The third-order valence-corrected chi connectivity index (χ3v) is 7.31. The van der Waals surface area contributed by atoms with Crippen molar-refractivity contribution in [1.82, 2.24) is 15.2 Å². The molecule has 2 aliphatic heterocycles. The number of β-lactam (4-membered cyclic amide) rings is 1. The summed E-state index contributed by atoms with van der Waals surface area (Å²) in [7, 11) is 0. The Labute approximate surface area is 222 Å². The van der Waals surface area contributed by atoms with Crippen LogP contribution in [-0.2, 0) is 33.5 Å². The molecule has 0 spiro atoms. The summed E-state index contributed by atoms with van der Waals surface area (Å²) in [6.45, 7) is 4.33. The van der Waals surface area contributed by atoms with Crippen molar-refractivity contribution in [2.45, 2.75) is 37.8 Å². The molecule has 1 saturated heterocycles. The Hall–Kier alpha value is -2.88.